The molecule has 1 aromatic heterocycles. The SMILES string of the molecule is O=C1Cc2cc(C(=O)c3ccc(Cl)s3)ccc2N1. The molecule has 1 aromatic carbocycles. The number of halogens is 1. The highest BCUT2D eigenvalue weighted by atomic mass is 35.5. The van der Waals surface area contributed by atoms with E-state index in [0.717, 1.165) is 11.3 Å². The van der Waals surface area contributed by atoms with Crippen LogP contribution in [0.4, 0.5) is 5.69 Å². The first kappa shape index (κ1) is 11.4. The molecular weight excluding hydrogens is 270 g/mol. The zero-order valence-corrected chi connectivity index (χ0v) is 10.8. The molecule has 18 heavy (non-hydrogen) atoms. The van der Waals surface area contributed by atoms with Gasteiger partial charge in [-0.3, -0.25) is 9.59 Å². The maximum Gasteiger partial charge on any atom is 0.228 e. The van der Waals surface area contributed by atoms with Crippen LogP contribution >= 0.6 is 22.9 Å². The van der Waals surface area contributed by atoms with E-state index in [1.807, 2.05) is 0 Å². The van der Waals surface area contributed by atoms with Crippen LogP contribution < -0.4 is 5.32 Å². The van der Waals surface area contributed by atoms with Crippen LogP contribution in [0.25, 0.3) is 0 Å². The van der Waals surface area contributed by atoms with Gasteiger partial charge < -0.3 is 5.32 Å². The Hall–Kier alpha value is -1.65. The number of rotatable bonds is 2. The maximum atomic E-state index is 12.2. The number of fused-ring (bicyclic) bond motifs is 1. The van der Waals surface area contributed by atoms with Crippen LogP contribution in [0.1, 0.15) is 20.8 Å². The Morgan fingerprint density at radius 1 is 1.28 bits per heavy atom. The number of benzene rings is 1. The zero-order chi connectivity index (χ0) is 12.7. The molecule has 1 aliphatic rings. The van der Waals surface area contributed by atoms with Crippen molar-refractivity contribution in [2.24, 2.45) is 0 Å². The summed E-state index contributed by atoms with van der Waals surface area (Å²) in [6.45, 7) is 0. The number of carbonyl (C=O) groups is 2. The molecule has 0 unspecified atom stereocenters. The second-order valence-corrected chi connectivity index (χ2v) is 5.74. The molecule has 0 spiro atoms. The van der Waals surface area contributed by atoms with Gasteiger partial charge in [-0.15, -0.1) is 11.3 Å². The van der Waals surface area contributed by atoms with Crippen LogP contribution in [-0.4, -0.2) is 11.7 Å². The maximum absolute atomic E-state index is 12.2. The van der Waals surface area contributed by atoms with Crippen LogP contribution in [0, 0.1) is 0 Å². The van der Waals surface area contributed by atoms with E-state index >= 15 is 0 Å². The third-order valence-electron chi connectivity index (χ3n) is 2.79. The fraction of sp³-hybridized carbons (Fsp3) is 0.0769. The summed E-state index contributed by atoms with van der Waals surface area (Å²) in [5.41, 5.74) is 2.25. The summed E-state index contributed by atoms with van der Waals surface area (Å²) >= 11 is 7.07. The number of ketones is 1. The summed E-state index contributed by atoms with van der Waals surface area (Å²) in [6, 6.07) is 8.68. The lowest BCUT2D eigenvalue weighted by Gasteiger charge is -2.02. The lowest BCUT2D eigenvalue weighted by Crippen LogP contribution is -2.03. The van der Waals surface area contributed by atoms with Gasteiger partial charge in [0.2, 0.25) is 11.7 Å². The van der Waals surface area contributed by atoms with Gasteiger partial charge in [-0.05, 0) is 35.9 Å². The molecule has 0 bridgehead atoms. The molecular formula is C13H8ClNO2S. The van der Waals surface area contributed by atoms with Crippen LogP contribution in [0.15, 0.2) is 30.3 Å². The van der Waals surface area contributed by atoms with Crippen molar-refractivity contribution in [2.75, 3.05) is 5.32 Å². The highest BCUT2D eigenvalue weighted by molar-refractivity contribution is 7.18. The van der Waals surface area contributed by atoms with E-state index in [0.29, 0.717) is 21.2 Å². The first-order valence-electron chi connectivity index (χ1n) is 5.36. The molecule has 1 N–H and O–H groups in total. The predicted molar refractivity (Wildman–Crippen MR) is 71.5 cm³/mol. The summed E-state index contributed by atoms with van der Waals surface area (Å²) in [4.78, 5) is 24.0. The standard InChI is InChI=1S/C13H8ClNO2S/c14-11-4-3-10(18-11)13(17)7-1-2-9-8(5-7)6-12(16)15-9/h1-5H,6H2,(H,15,16). The van der Waals surface area contributed by atoms with Crippen molar-refractivity contribution in [2.45, 2.75) is 6.42 Å². The first-order valence-corrected chi connectivity index (χ1v) is 6.56. The quantitative estimate of drug-likeness (QED) is 0.857. The van der Waals surface area contributed by atoms with E-state index in [4.69, 9.17) is 11.6 Å². The summed E-state index contributed by atoms with van der Waals surface area (Å²) in [5.74, 6) is -0.0946. The fourth-order valence-electron chi connectivity index (χ4n) is 1.95. The van der Waals surface area contributed by atoms with Gasteiger partial charge in [-0.25, -0.2) is 0 Å². The molecule has 0 fully saturated rings. The predicted octanol–water partition coefficient (Wildman–Crippen LogP) is 3.13. The number of hydrogen-bond acceptors (Lipinski definition) is 3. The van der Waals surface area contributed by atoms with Crippen LogP contribution in [0.2, 0.25) is 4.34 Å². The normalized spacial score (nSPS) is 13.3. The van der Waals surface area contributed by atoms with E-state index in [1.165, 1.54) is 11.3 Å². The number of nitrogens with one attached hydrogen (secondary N) is 1. The summed E-state index contributed by atoms with van der Waals surface area (Å²) < 4.78 is 0.594. The summed E-state index contributed by atoms with van der Waals surface area (Å²) in [5, 5.41) is 2.74. The molecule has 0 saturated carbocycles. The Balaban J connectivity index is 1.96. The van der Waals surface area contributed by atoms with Crippen molar-refractivity contribution in [3.63, 3.8) is 0 Å². The molecule has 1 amide bonds. The van der Waals surface area contributed by atoms with Gasteiger partial charge in [-0.1, -0.05) is 11.6 Å². The number of carbonyl (C=O) groups excluding carboxylic acids is 2. The van der Waals surface area contributed by atoms with Gasteiger partial charge in [0, 0.05) is 11.3 Å². The van der Waals surface area contributed by atoms with Gasteiger partial charge in [0.25, 0.3) is 0 Å². The zero-order valence-electron chi connectivity index (χ0n) is 9.20. The molecule has 0 aliphatic carbocycles. The monoisotopic (exact) mass is 277 g/mol. The van der Waals surface area contributed by atoms with E-state index in [-0.39, 0.29) is 11.7 Å². The molecule has 2 heterocycles. The lowest BCUT2D eigenvalue weighted by molar-refractivity contribution is -0.115. The molecule has 1 aliphatic heterocycles. The van der Waals surface area contributed by atoms with Crippen LogP contribution in [0.5, 0.6) is 0 Å². The largest absolute Gasteiger partial charge is 0.326 e. The van der Waals surface area contributed by atoms with Crippen molar-refractivity contribution in [3.05, 3.63) is 50.7 Å². The molecule has 0 atom stereocenters. The highest BCUT2D eigenvalue weighted by Crippen LogP contribution is 2.27. The van der Waals surface area contributed by atoms with Gasteiger partial charge >= 0.3 is 0 Å². The van der Waals surface area contributed by atoms with Crippen molar-refractivity contribution in [3.8, 4) is 0 Å². The topological polar surface area (TPSA) is 46.2 Å². The van der Waals surface area contributed by atoms with Crippen molar-refractivity contribution < 1.29 is 9.59 Å². The average molecular weight is 278 g/mol. The third-order valence-corrected chi connectivity index (χ3v) is 4.02. The van der Waals surface area contributed by atoms with E-state index < -0.39 is 0 Å². The second-order valence-electron chi connectivity index (χ2n) is 4.03. The second kappa shape index (κ2) is 4.23. The Bertz CT molecular complexity index is 663. The number of hydrogen-bond donors (Lipinski definition) is 1. The molecule has 90 valence electrons. The molecule has 5 heteroatoms. The fourth-order valence-corrected chi connectivity index (χ4v) is 2.95. The van der Waals surface area contributed by atoms with Crippen molar-refractivity contribution in [1.29, 1.82) is 0 Å². The number of amides is 1. The molecule has 3 rings (SSSR count). The van der Waals surface area contributed by atoms with E-state index in [2.05, 4.69) is 5.32 Å². The Labute approximate surface area is 112 Å². The minimum Gasteiger partial charge on any atom is -0.326 e. The Morgan fingerprint density at radius 2 is 2.11 bits per heavy atom. The average Bonchev–Trinajstić information content (AvgIpc) is 2.92. The molecule has 2 aromatic rings. The number of thiophene rings is 1. The van der Waals surface area contributed by atoms with Crippen LogP contribution in [-0.2, 0) is 11.2 Å². The third kappa shape index (κ3) is 1.94. The summed E-state index contributed by atoms with van der Waals surface area (Å²) in [6.07, 6.45) is 0.335. The van der Waals surface area contributed by atoms with Crippen molar-refractivity contribution >= 4 is 40.3 Å². The smallest absolute Gasteiger partial charge is 0.228 e. The van der Waals surface area contributed by atoms with Gasteiger partial charge in [0.05, 0.1) is 15.6 Å². The minimum absolute atomic E-state index is 0.0335. The number of anilines is 1. The first-order chi connectivity index (χ1) is 8.63. The highest BCUT2D eigenvalue weighted by Gasteiger charge is 2.20. The molecule has 0 saturated heterocycles. The van der Waals surface area contributed by atoms with Crippen LogP contribution in [0.3, 0.4) is 0 Å². The molecule has 3 nitrogen and oxygen atoms in total. The van der Waals surface area contributed by atoms with Gasteiger partial charge in [0.15, 0.2) is 0 Å². The van der Waals surface area contributed by atoms with E-state index in [1.54, 1.807) is 30.3 Å². The summed E-state index contributed by atoms with van der Waals surface area (Å²) in [7, 11) is 0. The minimum atomic E-state index is -0.0611. The van der Waals surface area contributed by atoms with Gasteiger partial charge in [-0.2, -0.15) is 0 Å². The Morgan fingerprint density at radius 3 is 2.83 bits per heavy atom. The lowest BCUT2D eigenvalue weighted by atomic mass is 10.0. The van der Waals surface area contributed by atoms with Gasteiger partial charge in [0.1, 0.15) is 0 Å². The Kier molecular flexibility index (Phi) is 2.69. The van der Waals surface area contributed by atoms with Crippen molar-refractivity contribution in [1.82, 2.24) is 0 Å². The molecule has 0 radical (unpaired) electrons. The van der Waals surface area contributed by atoms with E-state index in [9.17, 15) is 9.59 Å².